The first-order chi connectivity index (χ1) is 66.4. The number of nitrogens with zero attached hydrogens (tertiary/aromatic N) is 6. The molecule has 1 saturated carbocycles. The number of alkyl carbamates (subject to hydrolysis) is 1. The first-order valence-corrected chi connectivity index (χ1v) is 46.7. The lowest BCUT2D eigenvalue weighted by atomic mass is 9.82. The molecule has 2 fully saturated rings. The predicted octanol–water partition coefficient (Wildman–Crippen LogP) is 18.4. The van der Waals surface area contributed by atoms with Gasteiger partial charge >= 0.3 is 12.1 Å². The molecule has 726 valence electrons. The van der Waals surface area contributed by atoms with Crippen molar-refractivity contribution in [3.63, 3.8) is 0 Å². The minimum Gasteiger partial charge on any atom is -0.481 e. The van der Waals surface area contributed by atoms with Crippen LogP contribution in [0.4, 0.5) is 28.1 Å². The van der Waals surface area contributed by atoms with Gasteiger partial charge in [-0.3, -0.25) is 34.1 Å². The zero-order valence-corrected chi connectivity index (χ0v) is 82.4. The third-order valence-electron chi connectivity index (χ3n) is 21.4. The molecule has 1 aliphatic carbocycles. The van der Waals surface area contributed by atoms with Gasteiger partial charge in [0.2, 0.25) is 0 Å². The molecular weight excluding hydrogens is 1860 g/mol. The topological polar surface area (TPSA) is 477 Å². The molecule has 14 rings (SSSR count). The summed E-state index contributed by atoms with van der Waals surface area (Å²) in [6.07, 6.45) is 11.7. The van der Waals surface area contributed by atoms with Crippen molar-refractivity contribution < 1.29 is 63.1 Å². The molecule has 4 aromatic heterocycles. The van der Waals surface area contributed by atoms with Crippen LogP contribution in [-0.2, 0) is 23.9 Å². The maximum atomic E-state index is 12.9. The molecule has 0 radical (unpaired) electrons. The maximum Gasteiger partial charge on any atom is 0.414 e. The van der Waals surface area contributed by atoms with Gasteiger partial charge in [0.1, 0.15) is 40.3 Å². The second-order valence-electron chi connectivity index (χ2n) is 35.4. The summed E-state index contributed by atoms with van der Waals surface area (Å²) < 4.78 is 10.4. The number of aromatic nitrogens is 4. The summed E-state index contributed by atoms with van der Waals surface area (Å²) in [6, 6.07) is 50.8. The molecule has 140 heavy (non-hydrogen) atoms. The number of likely N-dealkylation sites (tertiary alicyclic amines) is 1. The van der Waals surface area contributed by atoms with E-state index in [1.54, 1.807) is 133 Å². The van der Waals surface area contributed by atoms with Crippen molar-refractivity contribution in [3.05, 3.63) is 281 Å². The van der Waals surface area contributed by atoms with Crippen molar-refractivity contribution in [1.82, 2.24) is 30.2 Å². The van der Waals surface area contributed by atoms with E-state index in [-0.39, 0.29) is 97.6 Å². The van der Waals surface area contributed by atoms with Gasteiger partial charge in [0.05, 0.1) is 40.5 Å². The summed E-state index contributed by atoms with van der Waals surface area (Å²) in [6.45, 7) is 16.4. The summed E-state index contributed by atoms with van der Waals surface area (Å²) in [7, 11) is 0. The fourth-order valence-electron chi connectivity index (χ4n) is 14.4. The minimum absolute atomic E-state index is 0.0127. The van der Waals surface area contributed by atoms with Gasteiger partial charge in [0.25, 0.3) is 11.9 Å². The number of guanidine groups is 1. The first kappa shape index (κ1) is 109. The van der Waals surface area contributed by atoms with Crippen LogP contribution in [0.1, 0.15) is 232 Å². The van der Waals surface area contributed by atoms with Crippen LogP contribution in [0.5, 0.6) is 0 Å². The second kappa shape index (κ2) is 52.4. The number of ketones is 4. The van der Waals surface area contributed by atoms with Crippen LogP contribution in [0.15, 0.2) is 200 Å². The summed E-state index contributed by atoms with van der Waals surface area (Å²) >= 11 is 24.5. The number of esters is 1. The molecule has 2 atom stereocenters. The van der Waals surface area contributed by atoms with Crippen LogP contribution in [0, 0.1) is 53.3 Å². The van der Waals surface area contributed by atoms with E-state index in [9.17, 15) is 43.8 Å². The number of carboxylic acids is 1. The third kappa shape index (κ3) is 35.6. The molecular formula is C109H114Cl4N14O13. The number of nitrogen functional groups attached to an aromatic ring is 4. The normalized spacial score (nSPS) is 13.7. The van der Waals surface area contributed by atoms with Gasteiger partial charge < -0.3 is 74.6 Å². The summed E-state index contributed by atoms with van der Waals surface area (Å²) in [5.74, 6) is 25.4. The predicted molar refractivity (Wildman–Crippen MR) is 556 cm³/mol. The van der Waals surface area contributed by atoms with Crippen LogP contribution in [0.2, 0.25) is 20.1 Å². The fourth-order valence-corrected chi connectivity index (χ4v) is 15.1. The second-order valence-corrected chi connectivity index (χ2v) is 37.2. The van der Waals surface area contributed by atoms with E-state index >= 15 is 0 Å². The lowest BCUT2D eigenvalue weighted by Gasteiger charge is -2.30. The van der Waals surface area contributed by atoms with E-state index in [1.807, 2.05) is 108 Å². The van der Waals surface area contributed by atoms with Gasteiger partial charge in [-0.15, -0.1) is 0 Å². The van der Waals surface area contributed by atoms with Crippen LogP contribution in [0.3, 0.4) is 0 Å². The number of hydrogen-bond donors (Lipinski definition) is 11. The van der Waals surface area contributed by atoms with Gasteiger partial charge in [-0.1, -0.05) is 160 Å². The van der Waals surface area contributed by atoms with E-state index in [0.717, 1.165) is 111 Å². The monoisotopic (exact) mass is 1970 g/mol. The Morgan fingerprint density at radius 1 is 0.457 bits per heavy atom. The number of Topliss-reactive ketones (excluding diaryl/α,β-unsaturated/α-hetero) is 4. The van der Waals surface area contributed by atoms with Gasteiger partial charge in [-0.25, -0.2) is 29.7 Å². The Labute approximate surface area is 834 Å². The Hall–Kier alpha value is -14.3. The van der Waals surface area contributed by atoms with Crippen molar-refractivity contribution in [2.45, 2.75) is 181 Å². The van der Waals surface area contributed by atoms with Crippen molar-refractivity contribution in [1.29, 1.82) is 0 Å². The number of carbonyl (C=O) groups excluding carboxylic acids is 7. The Morgan fingerprint density at radius 2 is 0.800 bits per heavy atom. The number of carbonyl (C=O) groups is 8. The van der Waals surface area contributed by atoms with Crippen LogP contribution < -0.4 is 45.5 Å². The quantitative estimate of drug-likeness (QED) is 0.0133. The molecule has 0 spiro atoms. The molecule has 18 N–H and O–H groups in total. The number of nitrogens with one attached hydrogen (secondary N) is 1. The first-order valence-electron chi connectivity index (χ1n) is 45.2. The number of aliphatic hydroxyl groups is 2. The van der Waals surface area contributed by atoms with E-state index in [2.05, 4.69) is 77.6 Å². The summed E-state index contributed by atoms with van der Waals surface area (Å²) in [5.41, 5.74) is 48.1. The Bertz CT molecular complexity index is 6760. The zero-order valence-electron chi connectivity index (χ0n) is 79.3. The average Bonchev–Trinajstić information content (AvgIpc) is 0.813. The molecule has 0 bridgehead atoms. The van der Waals surface area contributed by atoms with E-state index in [1.165, 1.54) is 13.8 Å². The highest BCUT2D eigenvalue weighted by Gasteiger charge is 2.27. The number of halogens is 4. The average molecular weight is 1970 g/mol. The smallest absolute Gasteiger partial charge is 0.414 e. The zero-order chi connectivity index (χ0) is 102. The number of ether oxygens (including phenoxy) is 2. The highest BCUT2D eigenvalue weighted by Crippen LogP contribution is 2.33. The maximum absolute atomic E-state index is 12.9. The Kier molecular flexibility index (Phi) is 41.0. The number of amides is 2. The van der Waals surface area contributed by atoms with Crippen LogP contribution in [0.25, 0.3) is 43.1 Å². The number of nitrogens with two attached hydrogens (primary N) is 7. The van der Waals surface area contributed by atoms with Crippen molar-refractivity contribution in [2.24, 2.45) is 28.1 Å². The van der Waals surface area contributed by atoms with Gasteiger partial charge in [0, 0.05) is 191 Å². The molecule has 2 amide bonds. The van der Waals surface area contributed by atoms with Gasteiger partial charge in [-0.2, -0.15) is 0 Å². The minimum atomic E-state index is -0.833. The number of aliphatic imine (C=N–C) groups is 1. The standard InChI is InChI=1S/C31H34ClN5O3.C28H29ClN2O4.C23H21ClN4O.C22H20ClN3O2.C3H6O.C2H4O2/c1-31(2,3)40-30(39)37-29(34)36-24-13-6-20(7-14-24)16-27(38)21-9-4-19(5-10-21)8-15-25-26-17-23(32)12-11-22(26)18-35-28(25)33;1-28(2,3)35-26(34)15-12-22(32)11-14-25(33)19-7-4-18(5-8-19)6-13-23-24-16-21(29)10-9-20(24)17-31-27(23)30;24-18-6-5-17-14-27-22(26)20(21(17)13-18)7-4-15-2-1-3-16(12-15)23(29)28-10-8-19(25)9-11-28;23-17-7-6-16-13-26-22(25)19(20(16)11-17)9-3-14-1-4-15(5-2-14)21(28)10-8-18(27)12-24;1-3(2)4;1-2(3)4/h4-5,9-12,17-18,20,24H,6-7,13-14,16H2,1-3H3,(H2,33,35)(H3,34,36,37,39);4-5,7-10,16-17,22,32H,11-12,14-15H2,1-3H3,(H2,30,31);1-3,5-6,12-14,19H,8-11,25H2,(H2,26,27);1-2,4-7,11,13,18,27H,8,10,12,24H2,(H2,25,26);1-2H3;1H3,(H,3,4). The highest BCUT2D eigenvalue weighted by atomic mass is 35.5. The third-order valence-corrected chi connectivity index (χ3v) is 22.4. The number of rotatable bonds is 17. The van der Waals surface area contributed by atoms with E-state index < -0.39 is 35.5 Å². The van der Waals surface area contributed by atoms with Crippen LogP contribution in [-0.4, -0.2) is 148 Å². The fraction of sp³-hybridized carbons (Fsp3) is 0.294. The summed E-state index contributed by atoms with van der Waals surface area (Å²) in [4.78, 5) is 116. The molecule has 12 aromatic rings. The van der Waals surface area contributed by atoms with E-state index in [0.29, 0.717) is 114 Å². The number of anilines is 4. The van der Waals surface area contributed by atoms with E-state index in [4.69, 9.17) is 106 Å². The van der Waals surface area contributed by atoms with Crippen LogP contribution >= 0.6 is 46.4 Å². The Balaban J connectivity index is 0.000000205. The molecule has 31 heteroatoms. The number of piperidine rings is 1. The number of hydrogen-bond acceptors (Lipinski definition) is 23. The Morgan fingerprint density at radius 3 is 1.16 bits per heavy atom. The summed E-state index contributed by atoms with van der Waals surface area (Å²) in [5, 5.41) is 38.9. The number of pyridine rings is 4. The highest BCUT2D eigenvalue weighted by molar-refractivity contribution is 6.32. The van der Waals surface area contributed by atoms with Crippen molar-refractivity contribution in [3.8, 4) is 47.4 Å². The lowest BCUT2D eigenvalue weighted by molar-refractivity contribution is -0.155. The van der Waals surface area contributed by atoms with Gasteiger partial charge in [-0.05, 0) is 222 Å². The molecule has 8 aromatic carbocycles. The largest absolute Gasteiger partial charge is 0.481 e. The number of aliphatic hydroxyl groups excluding tert-OH is 2. The molecule has 5 heterocycles. The lowest BCUT2D eigenvalue weighted by Crippen LogP contribution is -2.42. The number of fused-ring (bicyclic) bond motifs is 4. The van der Waals surface area contributed by atoms with Crippen molar-refractivity contribution >= 4 is 166 Å². The molecule has 1 aliphatic heterocycles. The molecule has 1 saturated heterocycles. The SMILES string of the molecule is CC(=O)O.CC(C)(C)OC(=O)CCC(O)CCC(=O)c1ccc(C#Cc2c(N)ncc3ccc(Cl)cc23)cc1.CC(C)(C)OC(=O)NC(N)=NC1CCC(CC(=O)c2ccc(C#Cc3c(N)ncc4ccc(Cl)cc34)cc2)CC1.CC(C)=O.NCC(O)CCC(=O)c1ccc(C#Cc2c(N)ncc3ccc(Cl)cc23)cc1.Nc1ncc2ccc(Cl)cc2c1C#Cc1cccc(C(=O)N2CCC(N)CC2)c1. The number of carboxylic acid groups (broad SMARTS) is 1. The number of benzene rings is 8. The molecule has 2 aliphatic rings. The number of aliphatic carboxylic acids is 1. The van der Waals surface area contributed by atoms with Gasteiger partial charge in [0.15, 0.2) is 23.3 Å². The molecule has 2 unspecified atom stereocenters. The van der Waals surface area contributed by atoms with Crippen molar-refractivity contribution in [2.75, 3.05) is 42.6 Å². The molecule has 27 nitrogen and oxygen atoms in total.